The molecule has 0 radical (unpaired) electrons. The standard InChI is InChI=1S/C48H85NO5/c1-3-5-7-9-11-13-14-15-16-17-18-19-20-21-22-23-24-25-26-27-29-35-39-43-48(53)54-45(40-36-32-28-12-10-8-6-4-2)41-37-33-30-31-34-38-42-46(50)49-44-47(51)52/h6,8,12,17-18,28,36,40,45H,3-5,7,9-11,13-16,19-27,29-35,37-39,41-44H2,1-2H3,(H,49,50)(H,51,52)/b8-6-,18-17-,28-12-,40-36-. The zero-order chi connectivity index (χ0) is 39.4. The summed E-state index contributed by atoms with van der Waals surface area (Å²) >= 11 is 0. The summed E-state index contributed by atoms with van der Waals surface area (Å²) in [5.74, 6) is -1.30. The molecule has 0 aliphatic carbocycles. The number of hydrogen-bond donors (Lipinski definition) is 2. The van der Waals surface area contributed by atoms with Crippen molar-refractivity contribution in [1.82, 2.24) is 5.32 Å². The lowest BCUT2D eigenvalue weighted by Crippen LogP contribution is -2.28. The van der Waals surface area contributed by atoms with Gasteiger partial charge in [-0.25, -0.2) is 0 Å². The quantitative estimate of drug-likeness (QED) is 0.0368. The number of allylic oxidation sites excluding steroid dienone is 7. The third-order valence-corrected chi connectivity index (χ3v) is 9.97. The summed E-state index contributed by atoms with van der Waals surface area (Å²) in [5, 5.41) is 11.1. The van der Waals surface area contributed by atoms with Crippen molar-refractivity contribution < 1.29 is 24.2 Å². The van der Waals surface area contributed by atoms with E-state index in [9.17, 15) is 14.4 Å². The van der Waals surface area contributed by atoms with Crippen LogP contribution in [0.2, 0.25) is 0 Å². The van der Waals surface area contributed by atoms with Crippen molar-refractivity contribution in [3.63, 3.8) is 0 Å². The molecule has 0 rings (SSSR count). The Morgan fingerprint density at radius 1 is 0.519 bits per heavy atom. The van der Waals surface area contributed by atoms with E-state index >= 15 is 0 Å². The molecule has 0 bridgehead atoms. The maximum absolute atomic E-state index is 12.7. The zero-order valence-corrected chi connectivity index (χ0v) is 35.3. The zero-order valence-electron chi connectivity index (χ0n) is 35.3. The third-order valence-electron chi connectivity index (χ3n) is 9.97. The van der Waals surface area contributed by atoms with Crippen molar-refractivity contribution in [3.8, 4) is 0 Å². The largest absolute Gasteiger partial charge is 0.480 e. The number of carbonyl (C=O) groups is 3. The van der Waals surface area contributed by atoms with Crippen LogP contribution in [0.3, 0.4) is 0 Å². The lowest BCUT2D eigenvalue weighted by molar-refractivity contribution is -0.147. The predicted molar refractivity (Wildman–Crippen MR) is 231 cm³/mol. The average Bonchev–Trinajstić information content (AvgIpc) is 3.16. The van der Waals surface area contributed by atoms with Crippen molar-refractivity contribution in [2.75, 3.05) is 6.54 Å². The second kappa shape index (κ2) is 43.1. The van der Waals surface area contributed by atoms with E-state index in [2.05, 4.69) is 67.8 Å². The fraction of sp³-hybridized carbons (Fsp3) is 0.771. The predicted octanol–water partition coefficient (Wildman–Crippen LogP) is 14.2. The Morgan fingerprint density at radius 2 is 0.963 bits per heavy atom. The van der Waals surface area contributed by atoms with Crippen LogP contribution in [0.1, 0.15) is 226 Å². The average molecular weight is 756 g/mol. The van der Waals surface area contributed by atoms with E-state index in [0.29, 0.717) is 12.8 Å². The molecule has 0 aliphatic heterocycles. The number of carboxylic acids is 1. The Kier molecular flexibility index (Phi) is 41.0. The maximum Gasteiger partial charge on any atom is 0.322 e. The topological polar surface area (TPSA) is 92.7 Å². The second-order valence-electron chi connectivity index (χ2n) is 15.3. The van der Waals surface area contributed by atoms with Crippen LogP contribution >= 0.6 is 0 Å². The number of unbranched alkanes of at least 4 members (excludes halogenated alkanes) is 24. The van der Waals surface area contributed by atoms with Gasteiger partial charge in [0.2, 0.25) is 5.91 Å². The third kappa shape index (κ3) is 42.1. The fourth-order valence-electron chi connectivity index (χ4n) is 6.62. The summed E-state index contributed by atoms with van der Waals surface area (Å²) in [4.78, 5) is 34.9. The van der Waals surface area contributed by atoms with Crippen molar-refractivity contribution in [2.24, 2.45) is 0 Å². The molecular formula is C48H85NO5. The van der Waals surface area contributed by atoms with Crippen LogP contribution in [-0.4, -0.2) is 35.6 Å². The molecule has 1 amide bonds. The number of carbonyl (C=O) groups excluding carboxylic acids is 2. The normalized spacial score (nSPS) is 12.5. The molecule has 6 nitrogen and oxygen atoms in total. The van der Waals surface area contributed by atoms with Gasteiger partial charge in [-0.15, -0.1) is 0 Å². The lowest BCUT2D eigenvalue weighted by Gasteiger charge is -2.14. The smallest absolute Gasteiger partial charge is 0.322 e. The van der Waals surface area contributed by atoms with Crippen LogP contribution in [0.15, 0.2) is 48.6 Å². The van der Waals surface area contributed by atoms with Crippen molar-refractivity contribution >= 4 is 17.8 Å². The molecule has 312 valence electrons. The van der Waals surface area contributed by atoms with Gasteiger partial charge in [-0.3, -0.25) is 14.4 Å². The van der Waals surface area contributed by atoms with Crippen LogP contribution < -0.4 is 5.32 Å². The highest BCUT2D eigenvalue weighted by Crippen LogP contribution is 2.16. The molecule has 0 saturated carbocycles. The first-order chi connectivity index (χ1) is 26.5. The van der Waals surface area contributed by atoms with Gasteiger partial charge in [0.25, 0.3) is 0 Å². The summed E-state index contributed by atoms with van der Waals surface area (Å²) in [6.45, 7) is 4.11. The van der Waals surface area contributed by atoms with E-state index in [1.807, 2.05) is 0 Å². The Morgan fingerprint density at radius 3 is 1.48 bits per heavy atom. The van der Waals surface area contributed by atoms with Gasteiger partial charge in [0.05, 0.1) is 0 Å². The molecule has 0 aliphatic rings. The molecule has 1 atom stereocenters. The van der Waals surface area contributed by atoms with Crippen LogP contribution in [-0.2, 0) is 19.1 Å². The highest BCUT2D eigenvalue weighted by atomic mass is 16.5. The molecule has 0 aromatic heterocycles. The Labute approximate surface area is 333 Å². The number of aliphatic carboxylic acids is 1. The number of ether oxygens (including phenoxy) is 1. The number of esters is 1. The molecule has 0 spiro atoms. The summed E-state index contributed by atoms with van der Waals surface area (Å²) < 4.78 is 5.92. The SMILES string of the molecule is CC/C=C\C/C=C\C/C=C\C(CCCCCCCCC(=O)NCC(=O)O)OC(=O)CCCCCCCCCCCCC/C=C\CCCCCCCCCC. The van der Waals surface area contributed by atoms with E-state index < -0.39 is 5.97 Å². The molecule has 0 heterocycles. The number of nitrogens with one attached hydrogen (secondary N) is 1. The minimum absolute atomic E-state index is 0.0787. The van der Waals surface area contributed by atoms with Crippen molar-refractivity contribution in [3.05, 3.63) is 48.6 Å². The van der Waals surface area contributed by atoms with Gasteiger partial charge < -0.3 is 15.2 Å². The van der Waals surface area contributed by atoms with E-state index in [0.717, 1.165) is 77.0 Å². The molecule has 0 saturated heterocycles. The van der Waals surface area contributed by atoms with Crippen LogP contribution in [0, 0.1) is 0 Å². The first-order valence-corrected chi connectivity index (χ1v) is 22.8. The van der Waals surface area contributed by atoms with Crippen molar-refractivity contribution in [1.29, 1.82) is 0 Å². The minimum Gasteiger partial charge on any atom is -0.480 e. The first-order valence-electron chi connectivity index (χ1n) is 22.8. The van der Waals surface area contributed by atoms with Gasteiger partial charge in [0, 0.05) is 12.8 Å². The highest BCUT2D eigenvalue weighted by Gasteiger charge is 2.11. The number of carboxylic acid groups (broad SMARTS) is 1. The van der Waals surface area contributed by atoms with Gasteiger partial charge >= 0.3 is 11.9 Å². The summed E-state index contributed by atoms with van der Waals surface area (Å²) in [5.41, 5.74) is 0. The molecular weight excluding hydrogens is 671 g/mol. The molecule has 0 fully saturated rings. The molecule has 2 N–H and O–H groups in total. The fourth-order valence-corrected chi connectivity index (χ4v) is 6.62. The second-order valence-corrected chi connectivity index (χ2v) is 15.3. The van der Waals surface area contributed by atoms with Gasteiger partial charge in [0.1, 0.15) is 12.6 Å². The lowest BCUT2D eigenvalue weighted by atomic mass is 10.0. The van der Waals surface area contributed by atoms with Crippen molar-refractivity contribution in [2.45, 2.75) is 232 Å². The van der Waals surface area contributed by atoms with Crippen LogP contribution in [0.5, 0.6) is 0 Å². The first kappa shape index (κ1) is 51.4. The Bertz CT molecular complexity index is 968. The summed E-state index contributed by atoms with van der Waals surface area (Å²) in [7, 11) is 0. The number of hydrogen-bond acceptors (Lipinski definition) is 4. The van der Waals surface area contributed by atoms with Crippen LogP contribution in [0.4, 0.5) is 0 Å². The van der Waals surface area contributed by atoms with Crippen LogP contribution in [0.25, 0.3) is 0 Å². The summed E-state index contributed by atoms with van der Waals surface area (Å²) in [6, 6.07) is 0. The van der Waals surface area contributed by atoms with E-state index in [1.165, 1.54) is 122 Å². The Hall–Kier alpha value is -2.63. The molecule has 54 heavy (non-hydrogen) atoms. The van der Waals surface area contributed by atoms with E-state index in [4.69, 9.17) is 9.84 Å². The van der Waals surface area contributed by atoms with E-state index in [-0.39, 0.29) is 24.5 Å². The maximum atomic E-state index is 12.7. The molecule has 0 aromatic rings. The molecule has 1 unspecified atom stereocenters. The molecule has 0 aromatic carbocycles. The van der Waals surface area contributed by atoms with Gasteiger partial charge in [-0.2, -0.15) is 0 Å². The monoisotopic (exact) mass is 756 g/mol. The minimum atomic E-state index is -1.02. The van der Waals surface area contributed by atoms with Gasteiger partial charge in [0.15, 0.2) is 0 Å². The number of rotatable bonds is 41. The van der Waals surface area contributed by atoms with Gasteiger partial charge in [-0.1, -0.05) is 185 Å². The summed E-state index contributed by atoms with van der Waals surface area (Å²) in [6.07, 6.45) is 55.7. The highest BCUT2D eigenvalue weighted by molar-refractivity contribution is 5.80. The van der Waals surface area contributed by atoms with E-state index in [1.54, 1.807) is 0 Å². The number of amides is 1. The molecule has 6 heteroatoms. The van der Waals surface area contributed by atoms with Gasteiger partial charge in [-0.05, 0) is 76.7 Å². The Balaban J connectivity index is 3.98.